The molecule has 0 aliphatic rings. The summed E-state index contributed by atoms with van der Waals surface area (Å²) in [6.45, 7) is 2.22. The fraction of sp³-hybridized carbons (Fsp3) is 0.172. The number of carboxylic acids is 1. The predicted molar refractivity (Wildman–Crippen MR) is 146 cm³/mol. The molecule has 0 fully saturated rings. The second kappa shape index (κ2) is 11.2. The number of rotatable bonds is 10. The van der Waals surface area contributed by atoms with Crippen molar-refractivity contribution in [1.82, 2.24) is 15.0 Å². The maximum Gasteiger partial charge on any atom is 0.306 e. The maximum absolute atomic E-state index is 10.7. The number of aryl methyl sites for hydroxylation is 1. The summed E-state index contributed by atoms with van der Waals surface area (Å²) in [6, 6.07) is 25.9. The SMILES string of the molecule is Cc1ccc2nc(Cc3cc(Cc4ccccc4)nc(Nc4ccc(OCCC(=O)O)cc4)n3)sc2c1. The van der Waals surface area contributed by atoms with Crippen molar-refractivity contribution >= 4 is 39.2 Å². The van der Waals surface area contributed by atoms with Gasteiger partial charge in [-0.05, 0) is 60.5 Å². The van der Waals surface area contributed by atoms with E-state index in [2.05, 4.69) is 48.6 Å². The Hall–Kier alpha value is -4.30. The predicted octanol–water partition coefficient (Wildman–Crippen LogP) is 6.17. The standard InChI is InChI=1S/C29H26N4O3S/c1-19-7-12-25-26(15-19)37-27(33-25)18-23-17-22(16-20-5-3-2-4-6-20)31-29(32-23)30-21-8-10-24(11-9-21)36-14-13-28(34)35/h2-12,15,17H,13-14,16,18H2,1H3,(H,34,35)(H,30,31,32). The molecule has 2 heterocycles. The van der Waals surface area contributed by atoms with Crippen LogP contribution in [0.3, 0.4) is 0 Å². The zero-order valence-corrected chi connectivity index (χ0v) is 21.2. The number of hydrogen-bond acceptors (Lipinski definition) is 7. The lowest BCUT2D eigenvalue weighted by Gasteiger charge is -2.11. The minimum absolute atomic E-state index is 0.0426. The second-order valence-electron chi connectivity index (χ2n) is 8.73. The molecule has 37 heavy (non-hydrogen) atoms. The van der Waals surface area contributed by atoms with Crippen LogP contribution in [0.1, 0.15) is 33.9 Å². The number of anilines is 2. The normalized spacial score (nSPS) is 10.9. The van der Waals surface area contributed by atoms with Crippen molar-refractivity contribution in [2.75, 3.05) is 11.9 Å². The smallest absolute Gasteiger partial charge is 0.306 e. The summed E-state index contributed by atoms with van der Waals surface area (Å²) in [4.78, 5) is 25.1. The van der Waals surface area contributed by atoms with Gasteiger partial charge in [0.25, 0.3) is 0 Å². The van der Waals surface area contributed by atoms with Crippen LogP contribution in [0.15, 0.2) is 78.9 Å². The molecule has 2 N–H and O–H groups in total. The Morgan fingerprint density at radius 3 is 2.43 bits per heavy atom. The lowest BCUT2D eigenvalue weighted by molar-refractivity contribution is -0.137. The molecule has 186 valence electrons. The van der Waals surface area contributed by atoms with Crippen molar-refractivity contribution < 1.29 is 14.6 Å². The van der Waals surface area contributed by atoms with Crippen LogP contribution in [-0.2, 0) is 17.6 Å². The second-order valence-corrected chi connectivity index (χ2v) is 9.85. The van der Waals surface area contributed by atoms with Crippen LogP contribution in [0.25, 0.3) is 10.2 Å². The molecule has 5 aromatic rings. The van der Waals surface area contributed by atoms with E-state index >= 15 is 0 Å². The number of carbonyl (C=O) groups is 1. The number of fused-ring (bicyclic) bond motifs is 1. The van der Waals surface area contributed by atoms with Crippen LogP contribution in [-0.4, -0.2) is 32.6 Å². The Balaban J connectivity index is 1.38. The van der Waals surface area contributed by atoms with Crippen molar-refractivity contribution in [3.8, 4) is 5.75 Å². The molecule has 0 aliphatic heterocycles. The molecule has 7 nitrogen and oxygen atoms in total. The average Bonchev–Trinajstić information content (AvgIpc) is 3.26. The van der Waals surface area contributed by atoms with E-state index in [0.717, 1.165) is 27.6 Å². The van der Waals surface area contributed by atoms with Gasteiger partial charge in [-0.15, -0.1) is 11.3 Å². The molecule has 0 saturated carbocycles. The van der Waals surface area contributed by atoms with Crippen molar-refractivity contribution in [2.45, 2.75) is 26.2 Å². The van der Waals surface area contributed by atoms with Crippen molar-refractivity contribution in [3.63, 3.8) is 0 Å². The van der Waals surface area contributed by atoms with Crippen LogP contribution in [0.2, 0.25) is 0 Å². The highest BCUT2D eigenvalue weighted by atomic mass is 32.1. The summed E-state index contributed by atoms with van der Waals surface area (Å²) < 4.78 is 6.66. The lowest BCUT2D eigenvalue weighted by atomic mass is 10.1. The van der Waals surface area contributed by atoms with Gasteiger partial charge >= 0.3 is 5.97 Å². The maximum atomic E-state index is 10.7. The number of benzene rings is 3. The van der Waals surface area contributed by atoms with Gasteiger partial charge in [-0.2, -0.15) is 0 Å². The minimum Gasteiger partial charge on any atom is -0.493 e. The lowest BCUT2D eigenvalue weighted by Crippen LogP contribution is -2.06. The Morgan fingerprint density at radius 1 is 0.919 bits per heavy atom. The molecule has 8 heteroatoms. The van der Waals surface area contributed by atoms with Crippen molar-refractivity contribution in [1.29, 1.82) is 0 Å². The van der Waals surface area contributed by atoms with E-state index in [4.69, 9.17) is 24.8 Å². The molecule has 0 saturated heterocycles. The number of ether oxygens (including phenoxy) is 1. The van der Waals surface area contributed by atoms with Gasteiger partial charge in [0.2, 0.25) is 5.95 Å². The highest BCUT2D eigenvalue weighted by Gasteiger charge is 2.11. The highest BCUT2D eigenvalue weighted by Crippen LogP contribution is 2.26. The monoisotopic (exact) mass is 510 g/mol. The van der Waals surface area contributed by atoms with Gasteiger partial charge in [0, 0.05) is 18.5 Å². The first kappa shape index (κ1) is 24.4. The number of thiazole rings is 1. The first-order valence-corrected chi connectivity index (χ1v) is 12.8. The van der Waals surface area contributed by atoms with Crippen molar-refractivity contribution in [2.24, 2.45) is 0 Å². The largest absolute Gasteiger partial charge is 0.493 e. The summed E-state index contributed by atoms with van der Waals surface area (Å²) in [7, 11) is 0. The third-order valence-electron chi connectivity index (χ3n) is 5.68. The summed E-state index contributed by atoms with van der Waals surface area (Å²) in [5.41, 5.74) is 6.03. The van der Waals surface area contributed by atoms with Gasteiger partial charge in [0.05, 0.1) is 39.6 Å². The quantitative estimate of drug-likeness (QED) is 0.232. The van der Waals surface area contributed by atoms with Crippen LogP contribution in [0.4, 0.5) is 11.6 Å². The van der Waals surface area contributed by atoms with E-state index in [1.807, 2.05) is 30.3 Å². The number of nitrogens with one attached hydrogen (secondary N) is 1. The van der Waals surface area contributed by atoms with Gasteiger partial charge in [0.15, 0.2) is 0 Å². The fourth-order valence-corrected chi connectivity index (χ4v) is 5.01. The number of aromatic nitrogens is 3. The topological polar surface area (TPSA) is 97.2 Å². The molecule has 3 aromatic carbocycles. The highest BCUT2D eigenvalue weighted by molar-refractivity contribution is 7.18. The average molecular weight is 511 g/mol. The molecule has 0 radical (unpaired) electrons. The summed E-state index contributed by atoms with van der Waals surface area (Å²) in [5, 5.41) is 13.1. The molecular formula is C29H26N4O3S. The van der Waals surface area contributed by atoms with E-state index in [9.17, 15) is 4.79 Å². The number of aliphatic carboxylic acids is 1. The molecular weight excluding hydrogens is 484 g/mol. The van der Waals surface area contributed by atoms with E-state index in [1.165, 1.54) is 15.8 Å². The molecule has 5 rings (SSSR count). The van der Waals surface area contributed by atoms with E-state index in [-0.39, 0.29) is 13.0 Å². The molecule has 0 amide bonds. The molecule has 0 spiro atoms. The molecule has 0 atom stereocenters. The van der Waals surface area contributed by atoms with E-state index in [1.54, 1.807) is 23.5 Å². The molecule has 0 bridgehead atoms. The van der Waals surface area contributed by atoms with Crippen LogP contribution >= 0.6 is 11.3 Å². The molecule has 0 unspecified atom stereocenters. The van der Waals surface area contributed by atoms with E-state index < -0.39 is 5.97 Å². The zero-order chi connectivity index (χ0) is 25.6. The first-order valence-electron chi connectivity index (χ1n) is 12.0. The van der Waals surface area contributed by atoms with Gasteiger partial charge in [0.1, 0.15) is 5.75 Å². The Labute approximate surface area is 218 Å². The molecule has 2 aromatic heterocycles. The third-order valence-corrected chi connectivity index (χ3v) is 6.69. The van der Waals surface area contributed by atoms with Gasteiger partial charge in [-0.3, -0.25) is 4.79 Å². The van der Waals surface area contributed by atoms with E-state index in [0.29, 0.717) is 24.5 Å². The Kier molecular flexibility index (Phi) is 7.37. The molecule has 0 aliphatic carbocycles. The van der Waals surface area contributed by atoms with Crippen molar-refractivity contribution in [3.05, 3.63) is 106 Å². The summed E-state index contributed by atoms with van der Waals surface area (Å²) >= 11 is 1.69. The van der Waals surface area contributed by atoms with Gasteiger partial charge in [-0.1, -0.05) is 36.4 Å². The Morgan fingerprint density at radius 2 is 1.68 bits per heavy atom. The zero-order valence-electron chi connectivity index (χ0n) is 20.3. The minimum atomic E-state index is -0.886. The van der Waals surface area contributed by atoms with Crippen LogP contribution < -0.4 is 10.1 Å². The first-order chi connectivity index (χ1) is 18.0. The van der Waals surface area contributed by atoms with Gasteiger partial charge < -0.3 is 15.2 Å². The van der Waals surface area contributed by atoms with Crippen LogP contribution in [0, 0.1) is 6.92 Å². The van der Waals surface area contributed by atoms with Gasteiger partial charge in [-0.25, -0.2) is 15.0 Å². The number of nitrogens with zero attached hydrogens (tertiary/aromatic N) is 3. The number of carboxylic acid groups (broad SMARTS) is 1. The number of hydrogen-bond donors (Lipinski definition) is 2. The summed E-state index contributed by atoms with van der Waals surface area (Å²) in [6.07, 6.45) is 1.27. The van der Waals surface area contributed by atoms with Crippen LogP contribution in [0.5, 0.6) is 5.75 Å². The fourth-order valence-electron chi connectivity index (χ4n) is 3.93. The Bertz CT molecular complexity index is 1520. The summed E-state index contributed by atoms with van der Waals surface area (Å²) in [5.74, 6) is 0.236. The third kappa shape index (κ3) is 6.68.